The van der Waals surface area contributed by atoms with E-state index in [9.17, 15) is 0 Å². The van der Waals surface area contributed by atoms with Crippen molar-refractivity contribution in [2.24, 2.45) is 5.73 Å². The molecule has 0 radical (unpaired) electrons. The Hall–Kier alpha value is -1.42. The van der Waals surface area contributed by atoms with Crippen LogP contribution in [0.1, 0.15) is 18.5 Å². The molecule has 1 fully saturated rings. The molecular formula is C9H10N4. The lowest BCUT2D eigenvalue weighted by molar-refractivity contribution is 0.721. The lowest BCUT2D eigenvalue weighted by Crippen LogP contribution is -2.19. The first-order valence-corrected chi connectivity index (χ1v) is 4.36. The number of fused-ring (bicyclic) bond motifs is 1. The molecule has 0 spiro atoms. The van der Waals surface area contributed by atoms with E-state index in [1.165, 1.54) is 0 Å². The molecule has 66 valence electrons. The summed E-state index contributed by atoms with van der Waals surface area (Å²) in [7, 11) is 0. The van der Waals surface area contributed by atoms with Crippen molar-refractivity contribution in [3.63, 3.8) is 0 Å². The fourth-order valence-electron chi connectivity index (χ4n) is 1.60. The quantitative estimate of drug-likeness (QED) is 0.691. The van der Waals surface area contributed by atoms with Crippen LogP contribution in [0.15, 0.2) is 24.9 Å². The molecule has 0 aromatic carbocycles. The van der Waals surface area contributed by atoms with E-state index in [0.717, 1.165) is 24.1 Å². The third-order valence-electron chi connectivity index (χ3n) is 2.60. The normalized spacial score (nSPS) is 19.2. The third kappa shape index (κ3) is 0.890. The van der Waals surface area contributed by atoms with Gasteiger partial charge in [-0.2, -0.15) is 0 Å². The van der Waals surface area contributed by atoms with Gasteiger partial charge in [-0.3, -0.25) is 4.98 Å². The van der Waals surface area contributed by atoms with Crippen LogP contribution in [0.3, 0.4) is 0 Å². The maximum absolute atomic E-state index is 6.07. The van der Waals surface area contributed by atoms with Crippen molar-refractivity contribution in [1.29, 1.82) is 0 Å². The van der Waals surface area contributed by atoms with Crippen LogP contribution >= 0.6 is 0 Å². The van der Waals surface area contributed by atoms with Crippen LogP contribution in [0.25, 0.3) is 5.52 Å². The SMILES string of the molecule is NC1(c2ncn3ccncc23)CC1. The van der Waals surface area contributed by atoms with Crippen molar-refractivity contribution in [2.45, 2.75) is 18.4 Å². The Morgan fingerprint density at radius 2 is 2.31 bits per heavy atom. The summed E-state index contributed by atoms with van der Waals surface area (Å²) in [5.41, 5.74) is 7.92. The highest BCUT2D eigenvalue weighted by Crippen LogP contribution is 2.43. The Bertz CT molecular complexity index is 455. The first-order valence-electron chi connectivity index (χ1n) is 4.36. The fraction of sp³-hybridized carbons (Fsp3) is 0.333. The Kier molecular flexibility index (Phi) is 1.13. The van der Waals surface area contributed by atoms with Crippen LogP contribution in [0.5, 0.6) is 0 Å². The standard InChI is InChI=1S/C9H10N4/c10-9(1-2-9)8-7-5-11-3-4-13(7)6-12-8/h3-6H,1-2,10H2. The number of hydrogen-bond donors (Lipinski definition) is 1. The number of nitrogens with two attached hydrogens (primary N) is 1. The highest BCUT2D eigenvalue weighted by molar-refractivity contribution is 5.54. The van der Waals surface area contributed by atoms with Crippen LogP contribution in [0, 0.1) is 0 Å². The highest BCUT2D eigenvalue weighted by Gasteiger charge is 2.43. The third-order valence-corrected chi connectivity index (χ3v) is 2.60. The van der Waals surface area contributed by atoms with Crippen molar-refractivity contribution >= 4 is 5.52 Å². The van der Waals surface area contributed by atoms with E-state index in [0.29, 0.717) is 0 Å². The van der Waals surface area contributed by atoms with E-state index in [4.69, 9.17) is 5.73 Å². The highest BCUT2D eigenvalue weighted by atomic mass is 15.0. The van der Waals surface area contributed by atoms with Crippen LogP contribution in [-0.4, -0.2) is 14.4 Å². The molecule has 1 aliphatic rings. The van der Waals surface area contributed by atoms with Crippen molar-refractivity contribution in [2.75, 3.05) is 0 Å². The van der Waals surface area contributed by atoms with Crippen LogP contribution in [-0.2, 0) is 5.54 Å². The van der Waals surface area contributed by atoms with Crippen molar-refractivity contribution in [3.05, 3.63) is 30.6 Å². The second kappa shape index (κ2) is 2.09. The molecule has 13 heavy (non-hydrogen) atoms. The summed E-state index contributed by atoms with van der Waals surface area (Å²) in [6.45, 7) is 0. The topological polar surface area (TPSA) is 56.2 Å². The number of imidazole rings is 1. The Morgan fingerprint density at radius 3 is 3.08 bits per heavy atom. The van der Waals surface area contributed by atoms with Crippen molar-refractivity contribution in [1.82, 2.24) is 14.4 Å². The summed E-state index contributed by atoms with van der Waals surface area (Å²) in [5.74, 6) is 0. The minimum atomic E-state index is -0.169. The zero-order valence-corrected chi connectivity index (χ0v) is 7.14. The van der Waals surface area contributed by atoms with Gasteiger partial charge in [0, 0.05) is 12.4 Å². The van der Waals surface area contributed by atoms with Crippen molar-refractivity contribution in [3.8, 4) is 0 Å². The smallest absolute Gasteiger partial charge is 0.0997 e. The first-order chi connectivity index (χ1) is 6.30. The van der Waals surface area contributed by atoms with Gasteiger partial charge in [0.05, 0.1) is 29.3 Å². The fourth-order valence-corrected chi connectivity index (χ4v) is 1.60. The molecule has 1 aliphatic carbocycles. The zero-order chi connectivity index (χ0) is 8.89. The molecular weight excluding hydrogens is 164 g/mol. The largest absolute Gasteiger partial charge is 0.320 e. The van der Waals surface area contributed by atoms with E-state index < -0.39 is 0 Å². The molecule has 2 heterocycles. The predicted octanol–water partition coefficient (Wildman–Crippen LogP) is 0.677. The molecule has 1 saturated carbocycles. The second-order valence-electron chi connectivity index (χ2n) is 3.62. The number of nitrogens with zero attached hydrogens (tertiary/aromatic N) is 3. The molecule has 4 nitrogen and oxygen atoms in total. The minimum absolute atomic E-state index is 0.169. The molecule has 0 saturated heterocycles. The number of rotatable bonds is 1. The van der Waals surface area contributed by atoms with Gasteiger partial charge in [-0.05, 0) is 12.8 Å². The predicted molar refractivity (Wildman–Crippen MR) is 48.1 cm³/mol. The summed E-state index contributed by atoms with van der Waals surface area (Å²) in [6.07, 6.45) is 9.31. The van der Waals surface area contributed by atoms with Gasteiger partial charge in [0.1, 0.15) is 0 Å². The van der Waals surface area contributed by atoms with E-state index in [2.05, 4.69) is 9.97 Å². The summed E-state index contributed by atoms with van der Waals surface area (Å²) in [5, 5.41) is 0. The summed E-state index contributed by atoms with van der Waals surface area (Å²) >= 11 is 0. The molecule has 2 aromatic heterocycles. The van der Waals surface area contributed by atoms with Gasteiger partial charge in [0.15, 0.2) is 0 Å². The molecule has 0 atom stereocenters. The second-order valence-corrected chi connectivity index (χ2v) is 3.62. The van der Waals surface area contributed by atoms with Gasteiger partial charge in [-0.15, -0.1) is 0 Å². The number of aromatic nitrogens is 3. The molecule has 3 rings (SSSR count). The molecule has 4 heteroatoms. The maximum Gasteiger partial charge on any atom is 0.0997 e. The number of hydrogen-bond acceptors (Lipinski definition) is 3. The summed E-state index contributed by atoms with van der Waals surface area (Å²) in [4.78, 5) is 8.40. The van der Waals surface area contributed by atoms with Crippen LogP contribution < -0.4 is 5.73 Å². The first kappa shape index (κ1) is 7.03. The Balaban J connectivity index is 2.30. The zero-order valence-electron chi connectivity index (χ0n) is 7.14. The minimum Gasteiger partial charge on any atom is -0.320 e. The van der Waals surface area contributed by atoms with E-state index >= 15 is 0 Å². The van der Waals surface area contributed by atoms with Gasteiger partial charge in [-0.1, -0.05) is 0 Å². The van der Waals surface area contributed by atoms with E-state index in [1.807, 2.05) is 16.8 Å². The lowest BCUT2D eigenvalue weighted by atomic mass is 10.2. The van der Waals surface area contributed by atoms with Gasteiger partial charge in [0.25, 0.3) is 0 Å². The lowest BCUT2D eigenvalue weighted by Gasteiger charge is -2.04. The van der Waals surface area contributed by atoms with Crippen molar-refractivity contribution < 1.29 is 0 Å². The summed E-state index contributed by atoms with van der Waals surface area (Å²) in [6, 6.07) is 0. The monoisotopic (exact) mass is 174 g/mol. The van der Waals surface area contributed by atoms with Crippen LogP contribution in [0.4, 0.5) is 0 Å². The Morgan fingerprint density at radius 1 is 1.46 bits per heavy atom. The van der Waals surface area contributed by atoms with Gasteiger partial charge in [-0.25, -0.2) is 4.98 Å². The molecule has 0 bridgehead atoms. The molecule has 0 amide bonds. The Labute approximate surface area is 75.4 Å². The average Bonchev–Trinajstić information content (AvgIpc) is 2.76. The van der Waals surface area contributed by atoms with Crippen LogP contribution in [0.2, 0.25) is 0 Å². The molecule has 2 N–H and O–H groups in total. The molecule has 0 aliphatic heterocycles. The molecule has 2 aromatic rings. The molecule has 0 unspecified atom stereocenters. The summed E-state index contributed by atoms with van der Waals surface area (Å²) < 4.78 is 1.95. The average molecular weight is 174 g/mol. The van der Waals surface area contributed by atoms with Gasteiger partial charge in [0.2, 0.25) is 0 Å². The maximum atomic E-state index is 6.07. The van der Waals surface area contributed by atoms with Gasteiger partial charge < -0.3 is 10.1 Å². The van der Waals surface area contributed by atoms with E-state index in [-0.39, 0.29) is 5.54 Å². The van der Waals surface area contributed by atoms with Gasteiger partial charge >= 0.3 is 0 Å². The van der Waals surface area contributed by atoms with E-state index in [1.54, 1.807) is 12.5 Å².